The van der Waals surface area contributed by atoms with E-state index in [1.165, 1.54) is 0 Å². The zero-order valence-corrected chi connectivity index (χ0v) is 10.5. The van der Waals surface area contributed by atoms with Gasteiger partial charge in [0, 0.05) is 5.69 Å². The maximum absolute atomic E-state index is 5.80. The number of hydrogen-bond acceptors (Lipinski definition) is 5. The fraction of sp³-hybridized carbons (Fsp3) is 0.308. The second-order valence-corrected chi connectivity index (χ2v) is 4.20. The van der Waals surface area contributed by atoms with Crippen LogP contribution in [-0.4, -0.2) is 24.4 Å². The van der Waals surface area contributed by atoms with Crippen LogP contribution >= 0.6 is 0 Å². The molecule has 0 amide bonds. The highest BCUT2D eigenvalue weighted by Gasteiger charge is 2.18. The molecule has 4 N–H and O–H groups in total. The zero-order chi connectivity index (χ0) is 13.0. The third-order valence-electron chi connectivity index (χ3n) is 2.76. The molecule has 0 aliphatic carbocycles. The van der Waals surface area contributed by atoms with Crippen LogP contribution in [0.5, 0.6) is 5.75 Å². The van der Waals surface area contributed by atoms with Gasteiger partial charge in [-0.1, -0.05) is 4.99 Å². The molecule has 2 rings (SSSR count). The van der Waals surface area contributed by atoms with E-state index in [-0.39, 0.29) is 0 Å². The van der Waals surface area contributed by atoms with Gasteiger partial charge >= 0.3 is 0 Å². The molecule has 1 aliphatic heterocycles. The summed E-state index contributed by atoms with van der Waals surface area (Å²) in [7, 11) is 1.99. The van der Waals surface area contributed by atoms with E-state index in [1.54, 1.807) is 24.4 Å². The van der Waals surface area contributed by atoms with Gasteiger partial charge in [-0.2, -0.15) is 0 Å². The number of nitrogens with two attached hydrogens (primary N) is 2. The van der Waals surface area contributed by atoms with E-state index < -0.39 is 0 Å². The molecule has 1 aliphatic rings. The average Bonchev–Trinajstić information content (AvgIpc) is 2.73. The monoisotopic (exact) mass is 246 g/mol. The molecule has 1 heterocycles. The van der Waals surface area contributed by atoms with E-state index in [9.17, 15) is 0 Å². The SMILES string of the molecule is CN1C=C[N+]=C1CCCOc1ccc(N)cc1N. The summed E-state index contributed by atoms with van der Waals surface area (Å²) >= 11 is 0. The molecule has 18 heavy (non-hydrogen) atoms. The van der Waals surface area contributed by atoms with Gasteiger partial charge < -0.3 is 16.2 Å². The smallest absolute Gasteiger partial charge is 0.298 e. The molecule has 0 bridgehead atoms. The lowest BCUT2D eigenvalue weighted by Gasteiger charge is -2.09. The molecular weight excluding hydrogens is 228 g/mol. The van der Waals surface area contributed by atoms with Crippen LogP contribution in [0.2, 0.25) is 0 Å². The van der Waals surface area contributed by atoms with Crippen molar-refractivity contribution < 1.29 is 4.74 Å². The van der Waals surface area contributed by atoms with Gasteiger partial charge in [-0.15, -0.1) is 0 Å². The summed E-state index contributed by atoms with van der Waals surface area (Å²) in [5, 5.41) is 0. The summed E-state index contributed by atoms with van der Waals surface area (Å²) in [5.41, 5.74) is 12.6. The van der Waals surface area contributed by atoms with Crippen LogP contribution < -0.4 is 21.2 Å². The second kappa shape index (κ2) is 5.44. The van der Waals surface area contributed by atoms with E-state index in [0.717, 1.165) is 18.7 Å². The number of hydrogen-bond donors (Lipinski definition) is 2. The number of benzene rings is 1. The van der Waals surface area contributed by atoms with Crippen LogP contribution in [-0.2, 0) is 0 Å². The molecule has 0 saturated heterocycles. The number of aliphatic imine (C=N–C) groups is 1. The van der Waals surface area contributed by atoms with Crippen molar-refractivity contribution in [2.45, 2.75) is 12.8 Å². The van der Waals surface area contributed by atoms with Crippen molar-refractivity contribution in [1.29, 1.82) is 0 Å². The van der Waals surface area contributed by atoms with E-state index in [0.29, 0.717) is 23.7 Å². The summed E-state index contributed by atoms with van der Waals surface area (Å²) in [6, 6.07) is 5.28. The normalized spacial score (nSPS) is 13.8. The lowest BCUT2D eigenvalue weighted by Crippen LogP contribution is -2.20. The average molecular weight is 246 g/mol. The van der Waals surface area contributed by atoms with Crippen molar-refractivity contribution in [3.8, 4) is 5.75 Å². The molecule has 5 nitrogen and oxygen atoms in total. The Kier molecular flexibility index (Phi) is 3.72. The van der Waals surface area contributed by atoms with E-state index in [2.05, 4.69) is 4.99 Å². The third kappa shape index (κ3) is 2.94. The predicted octanol–water partition coefficient (Wildman–Crippen LogP) is 1.16. The van der Waals surface area contributed by atoms with Gasteiger partial charge in [-0.25, -0.2) is 4.90 Å². The summed E-state index contributed by atoms with van der Waals surface area (Å²) in [5.74, 6) is 1.74. The summed E-state index contributed by atoms with van der Waals surface area (Å²) in [6.45, 7) is 0.612. The first-order valence-corrected chi connectivity index (χ1v) is 5.91. The highest BCUT2D eigenvalue weighted by molar-refractivity contribution is 5.83. The second-order valence-electron chi connectivity index (χ2n) is 4.20. The topological polar surface area (TPSA) is 78.6 Å². The van der Waals surface area contributed by atoms with Gasteiger partial charge in [0.25, 0.3) is 5.84 Å². The summed E-state index contributed by atoms with van der Waals surface area (Å²) in [6.07, 6.45) is 5.52. The van der Waals surface area contributed by atoms with E-state index in [1.807, 2.05) is 18.1 Å². The van der Waals surface area contributed by atoms with Crippen molar-refractivity contribution in [2.75, 3.05) is 25.1 Å². The predicted molar refractivity (Wildman–Crippen MR) is 74.0 cm³/mol. The van der Waals surface area contributed by atoms with Crippen LogP contribution in [0.15, 0.2) is 30.6 Å². The van der Waals surface area contributed by atoms with E-state index in [4.69, 9.17) is 16.2 Å². The molecule has 0 fully saturated rings. The van der Waals surface area contributed by atoms with Crippen molar-refractivity contribution in [3.05, 3.63) is 30.6 Å². The van der Waals surface area contributed by atoms with Gasteiger partial charge in [0.1, 0.15) is 11.9 Å². The third-order valence-corrected chi connectivity index (χ3v) is 2.76. The Morgan fingerprint density at radius 1 is 1.33 bits per heavy atom. The van der Waals surface area contributed by atoms with Gasteiger partial charge in [0.15, 0.2) is 6.20 Å². The fourth-order valence-corrected chi connectivity index (χ4v) is 1.75. The summed E-state index contributed by atoms with van der Waals surface area (Å²) in [4.78, 5) is 6.27. The standard InChI is InChI=1S/C13H18N4O/c1-17-7-6-16-13(17)3-2-8-18-12-5-4-10(14)9-11(12)15/h4-7,9H,2-3,8,14-15H2,1H3/q+1. The Morgan fingerprint density at radius 2 is 2.17 bits per heavy atom. The molecule has 5 heteroatoms. The van der Waals surface area contributed by atoms with Crippen LogP contribution in [0.3, 0.4) is 0 Å². The molecule has 0 saturated carbocycles. The Bertz CT molecular complexity index is 482. The Hall–Kier alpha value is -2.17. The first-order valence-electron chi connectivity index (χ1n) is 5.91. The van der Waals surface area contributed by atoms with Crippen molar-refractivity contribution in [2.24, 2.45) is 0 Å². The van der Waals surface area contributed by atoms with Crippen LogP contribution in [0.25, 0.3) is 0 Å². The fourth-order valence-electron chi connectivity index (χ4n) is 1.75. The minimum atomic E-state index is 0.576. The van der Waals surface area contributed by atoms with Crippen molar-refractivity contribution >= 4 is 17.2 Å². The molecule has 1 radical (unpaired) electrons. The minimum Gasteiger partial charge on any atom is -0.491 e. The molecule has 1 aromatic rings. The van der Waals surface area contributed by atoms with Gasteiger partial charge in [-0.3, -0.25) is 0 Å². The van der Waals surface area contributed by atoms with Gasteiger partial charge in [-0.05, 0) is 24.6 Å². The van der Waals surface area contributed by atoms with E-state index >= 15 is 0 Å². The first kappa shape index (κ1) is 12.3. The van der Waals surface area contributed by atoms with Gasteiger partial charge in [0.2, 0.25) is 0 Å². The largest absolute Gasteiger partial charge is 0.491 e. The van der Waals surface area contributed by atoms with Crippen LogP contribution in [0.4, 0.5) is 11.4 Å². The Morgan fingerprint density at radius 3 is 2.83 bits per heavy atom. The number of anilines is 2. The number of ether oxygens (including phenoxy) is 1. The number of rotatable bonds is 5. The lowest BCUT2D eigenvalue weighted by molar-refractivity contribution is 0.314. The number of nitrogens with zero attached hydrogens (tertiary/aromatic N) is 2. The van der Waals surface area contributed by atoms with Gasteiger partial charge in [0.05, 0.1) is 25.8 Å². The highest BCUT2D eigenvalue weighted by atomic mass is 16.5. The zero-order valence-electron chi connectivity index (χ0n) is 10.5. The molecular formula is C13H18N4O+. The Balaban J connectivity index is 1.75. The molecule has 0 unspecified atom stereocenters. The molecule has 95 valence electrons. The Labute approximate surface area is 107 Å². The molecule has 0 aromatic heterocycles. The molecule has 0 spiro atoms. The summed E-state index contributed by atoms with van der Waals surface area (Å²) < 4.78 is 5.61. The maximum Gasteiger partial charge on any atom is 0.298 e. The lowest BCUT2D eigenvalue weighted by atomic mass is 10.2. The first-order chi connectivity index (χ1) is 8.66. The van der Waals surface area contributed by atoms with Crippen LogP contribution in [0, 0.1) is 0 Å². The highest BCUT2D eigenvalue weighted by Crippen LogP contribution is 2.23. The minimum absolute atomic E-state index is 0.576. The van der Waals surface area contributed by atoms with Crippen molar-refractivity contribution in [3.63, 3.8) is 0 Å². The van der Waals surface area contributed by atoms with Crippen LogP contribution in [0.1, 0.15) is 12.8 Å². The quantitative estimate of drug-likeness (QED) is 0.603. The maximum atomic E-state index is 5.80. The molecule has 1 aromatic carbocycles. The number of nitrogen functional groups attached to an aromatic ring is 2. The molecule has 0 atom stereocenters. The van der Waals surface area contributed by atoms with Crippen molar-refractivity contribution in [1.82, 2.24) is 9.89 Å². The number of amidine groups is 1.